The number of likely N-dealkylation sites (N-methyl/N-ethyl adjacent to an activating group) is 1. The summed E-state index contributed by atoms with van der Waals surface area (Å²) in [6.45, 7) is 3.56. The fourth-order valence-electron chi connectivity index (χ4n) is 5.93. The largest absolute Gasteiger partial charge is 0.457 e. The molecule has 48 heavy (non-hydrogen) atoms. The summed E-state index contributed by atoms with van der Waals surface area (Å²) >= 11 is 0. The second-order valence-corrected chi connectivity index (χ2v) is 12.4. The number of aryl methyl sites for hydroxylation is 1. The van der Waals surface area contributed by atoms with Crippen LogP contribution in [0.2, 0.25) is 0 Å². The lowest BCUT2D eigenvalue weighted by atomic mass is 10.0. The van der Waals surface area contributed by atoms with E-state index in [1.54, 1.807) is 24.4 Å². The van der Waals surface area contributed by atoms with Crippen molar-refractivity contribution < 1.29 is 14.3 Å². The van der Waals surface area contributed by atoms with Gasteiger partial charge in [-0.1, -0.05) is 60.7 Å². The minimum Gasteiger partial charge on any atom is -0.457 e. The SMILES string of the molecule is CN1CCN(N[C@@H]2Cc3cccc(c3)Oc3cccc(c3)C[C@H](NC(=O)c3ccccn3)NN[C@@H](CCc3ccccc3)C(=O)N2)CC1. The maximum atomic E-state index is 14.1. The molecular weight excluding hydrogens is 604 g/mol. The Morgan fingerprint density at radius 2 is 1.52 bits per heavy atom. The summed E-state index contributed by atoms with van der Waals surface area (Å²) in [6, 6.07) is 30.5. The number of benzene rings is 3. The van der Waals surface area contributed by atoms with Gasteiger partial charge in [0.15, 0.2) is 0 Å². The zero-order chi connectivity index (χ0) is 33.1. The van der Waals surface area contributed by atoms with Gasteiger partial charge in [-0.25, -0.2) is 21.3 Å². The van der Waals surface area contributed by atoms with E-state index in [-0.39, 0.29) is 18.0 Å². The van der Waals surface area contributed by atoms with Crippen molar-refractivity contribution in [3.63, 3.8) is 0 Å². The molecule has 5 N–H and O–H groups in total. The lowest BCUT2D eigenvalue weighted by Gasteiger charge is -2.36. The van der Waals surface area contributed by atoms with Crippen LogP contribution in [0, 0.1) is 0 Å². The maximum absolute atomic E-state index is 14.1. The topological polar surface area (TPSA) is 123 Å². The molecule has 250 valence electrons. The molecule has 0 unspecified atom stereocenters. The molecule has 11 nitrogen and oxygen atoms in total. The molecule has 2 amide bonds. The first-order chi connectivity index (χ1) is 23.5. The summed E-state index contributed by atoms with van der Waals surface area (Å²) in [5, 5.41) is 8.53. The Hall–Kier alpha value is -4.65. The molecule has 3 aromatic carbocycles. The second-order valence-electron chi connectivity index (χ2n) is 12.4. The molecule has 4 bridgehead atoms. The normalized spacial score (nSPS) is 21.1. The number of pyridine rings is 1. The number of amides is 2. The minimum absolute atomic E-state index is 0.152. The molecule has 0 radical (unpaired) electrons. The van der Waals surface area contributed by atoms with Gasteiger partial charge in [-0.3, -0.25) is 14.6 Å². The summed E-state index contributed by atoms with van der Waals surface area (Å²) in [5.41, 5.74) is 13.6. The third kappa shape index (κ3) is 9.69. The number of aromatic nitrogens is 1. The molecule has 3 atom stereocenters. The lowest BCUT2D eigenvalue weighted by Crippen LogP contribution is -2.62. The molecule has 1 aromatic heterocycles. The van der Waals surface area contributed by atoms with Crippen LogP contribution in [0.15, 0.2) is 103 Å². The number of hydrogen-bond acceptors (Lipinski definition) is 9. The van der Waals surface area contributed by atoms with Crippen LogP contribution in [0.1, 0.15) is 33.6 Å². The van der Waals surface area contributed by atoms with E-state index in [4.69, 9.17) is 4.74 Å². The first-order valence-corrected chi connectivity index (χ1v) is 16.6. The van der Waals surface area contributed by atoms with Gasteiger partial charge in [-0.05, 0) is 73.0 Å². The zero-order valence-corrected chi connectivity index (χ0v) is 27.3. The number of piperazine rings is 1. The number of carbonyl (C=O) groups is 2. The van der Waals surface area contributed by atoms with Crippen LogP contribution in [0.3, 0.4) is 0 Å². The number of ether oxygens (including phenoxy) is 1. The van der Waals surface area contributed by atoms with Gasteiger partial charge in [-0.15, -0.1) is 0 Å². The van der Waals surface area contributed by atoms with Crippen LogP contribution >= 0.6 is 0 Å². The molecule has 0 aliphatic carbocycles. The predicted molar refractivity (Wildman–Crippen MR) is 185 cm³/mol. The molecule has 2 aliphatic rings. The van der Waals surface area contributed by atoms with Crippen LogP contribution in [0.5, 0.6) is 11.5 Å². The smallest absolute Gasteiger partial charge is 0.271 e. The van der Waals surface area contributed by atoms with Gasteiger partial charge in [-0.2, -0.15) is 0 Å². The van der Waals surface area contributed by atoms with Gasteiger partial charge < -0.3 is 20.3 Å². The number of nitrogens with zero attached hydrogens (tertiary/aromatic N) is 3. The number of hydrazine groups is 2. The average molecular weight is 649 g/mol. The fourth-order valence-corrected chi connectivity index (χ4v) is 5.93. The lowest BCUT2D eigenvalue weighted by molar-refractivity contribution is -0.125. The van der Waals surface area contributed by atoms with E-state index in [9.17, 15) is 9.59 Å². The Morgan fingerprint density at radius 3 is 2.21 bits per heavy atom. The monoisotopic (exact) mass is 648 g/mol. The number of hydrogen-bond donors (Lipinski definition) is 5. The quantitative estimate of drug-likeness (QED) is 0.206. The van der Waals surface area contributed by atoms with E-state index in [2.05, 4.69) is 67.1 Å². The van der Waals surface area contributed by atoms with Gasteiger partial charge in [0.05, 0.1) is 12.3 Å². The number of nitrogens with one attached hydrogen (secondary N) is 5. The van der Waals surface area contributed by atoms with Crippen LogP contribution in [-0.2, 0) is 24.1 Å². The van der Waals surface area contributed by atoms with Crippen molar-refractivity contribution in [2.45, 2.75) is 44.1 Å². The molecule has 2 aliphatic heterocycles. The number of carbonyl (C=O) groups excluding carboxylic acids is 2. The van der Waals surface area contributed by atoms with Crippen molar-refractivity contribution in [2.75, 3.05) is 33.2 Å². The molecule has 3 heterocycles. The average Bonchev–Trinajstić information content (AvgIpc) is 3.10. The third-order valence-corrected chi connectivity index (χ3v) is 8.59. The Kier molecular flexibility index (Phi) is 11.4. The zero-order valence-electron chi connectivity index (χ0n) is 27.3. The Labute approximate surface area is 282 Å². The van der Waals surface area contributed by atoms with Crippen molar-refractivity contribution in [1.82, 2.24) is 41.8 Å². The van der Waals surface area contributed by atoms with Crippen LogP contribution in [0.25, 0.3) is 0 Å². The van der Waals surface area contributed by atoms with Gasteiger partial charge in [0.2, 0.25) is 5.91 Å². The Balaban J connectivity index is 1.29. The van der Waals surface area contributed by atoms with Crippen molar-refractivity contribution in [3.8, 4) is 11.5 Å². The van der Waals surface area contributed by atoms with E-state index in [0.29, 0.717) is 42.9 Å². The van der Waals surface area contributed by atoms with Crippen LogP contribution in [-0.4, -0.2) is 78.3 Å². The highest BCUT2D eigenvalue weighted by Gasteiger charge is 2.26. The van der Waals surface area contributed by atoms with Crippen molar-refractivity contribution in [2.24, 2.45) is 0 Å². The van der Waals surface area contributed by atoms with Gasteiger partial charge in [0.1, 0.15) is 23.2 Å². The number of rotatable bonds is 7. The number of fused-ring (bicyclic) bond motifs is 4. The summed E-state index contributed by atoms with van der Waals surface area (Å²) in [4.78, 5) is 33.9. The van der Waals surface area contributed by atoms with E-state index in [0.717, 1.165) is 42.9 Å². The summed E-state index contributed by atoms with van der Waals surface area (Å²) < 4.78 is 6.30. The molecule has 4 aromatic rings. The molecule has 1 saturated heterocycles. The van der Waals surface area contributed by atoms with Gasteiger partial charge in [0, 0.05) is 45.2 Å². The van der Waals surface area contributed by atoms with E-state index in [1.165, 1.54) is 0 Å². The van der Waals surface area contributed by atoms with Gasteiger partial charge in [0.25, 0.3) is 5.91 Å². The maximum Gasteiger partial charge on any atom is 0.271 e. The minimum atomic E-state index is -0.606. The molecule has 1 fully saturated rings. The van der Waals surface area contributed by atoms with Crippen molar-refractivity contribution in [3.05, 3.63) is 126 Å². The van der Waals surface area contributed by atoms with Gasteiger partial charge >= 0.3 is 0 Å². The van der Waals surface area contributed by atoms with E-state index < -0.39 is 12.2 Å². The fraction of sp³-hybridized carbons (Fsp3) is 0.324. The third-order valence-electron chi connectivity index (χ3n) is 8.59. The first-order valence-electron chi connectivity index (χ1n) is 16.6. The predicted octanol–water partition coefficient (Wildman–Crippen LogP) is 3.02. The summed E-state index contributed by atoms with van der Waals surface area (Å²) in [6.07, 6.45) is 2.84. The Bertz CT molecular complexity index is 1630. The molecule has 0 saturated carbocycles. The summed E-state index contributed by atoms with van der Waals surface area (Å²) in [7, 11) is 2.12. The molecule has 6 rings (SSSR count). The second kappa shape index (κ2) is 16.4. The highest BCUT2D eigenvalue weighted by molar-refractivity contribution is 5.92. The van der Waals surface area contributed by atoms with Crippen LogP contribution in [0.4, 0.5) is 0 Å². The van der Waals surface area contributed by atoms with Crippen molar-refractivity contribution in [1.29, 1.82) is 0 Å². The highest BCUT2D eigenvalue weighted by atomic mass is 16.5. The molecule has 11 heteroatoms. The summed E-state index contributed by atoms with van der Waals surface area (Å²) in [5.74, 6) is 0.930. The van der Waals surface area contributed by atoms with E-state index in [1.807, 2.05) is 60.7 Å². The van der Waals surface area contributed by atoms with Crippen molar-refractivity contribution >= 4 is 11.8 Å². The van der Waals surface area contributed by atoms with E-state index >= 15 is 0 Å². The molecule has 0 spiro atoms. The van der Waals surface area contributed by atoms with Crippen LogP contribution < -0.4 is 31.6 Å². The molecular formula is C37H44N8O3. The first kappa shape index (κ1) is 33.3. The Morgan fingerprint density at radius 1 is 0.833 bits per heavy atom. The standard InChI is InChI=1S/C37H44N8O3/c1-44-19-21-45(22-20-44)43-35-26-29-12-8-14-31(24-29)48-30-13-7-11-28(23-30)25-34(39-36(46)32-15-5-6-18-38-32)42-41-33(37(47)40-35)17-16-27-9-3-2-4-10-27/h2-15,18,23-24,33-35,41-43H,16-17,19-22,25-26H2,1H3,(H,39,46)(H,40,47)/t33-,34+,35+/m0/s1. The highest BCUT2D eigenvalue weighted by Crippen LogP contribution is 2.24.